The fraction of sp³-hybridized carbons (Fsp3) is 0. The summed E-state index contributed by atoms with van der Waals surface area (Å²) in [5, 5.41) is 10.2. The molecule has 0 radical (unpaired) electrons. The maximum atomic E-state index is 12.5. The number of hydrogen-bond donors (Lipinski definition) is 3. The Hall–Kier alpha value is -3.41. The van der Waals surface area contributed by atoms with Gasteiger partial charge in [0.1, 0.15) is 0 Å². The summed E-state index contributed by atoms with van der Waals surface area (Å²) in [6.45, 7) is 0. The van der Waals surface area contributed by atoms with Gasteiger partial charge < -0.3 is 15.8 Å². The highest BCUT2D eigenvalue weighted by Gasteiger charge is 2.14. The number of aromatic nitrogens is 1. The molecular weight excluding hydrogens is 296 g/mol. The number of nitrogens with one attached hydrogen (secondary N) is 1. The Morgan fingerprint density at radius 1 is 1.00 bits per heavy atom. The van der Waals surface area contributed by atoms with E-state index in [-0.39, 0.29) is 17.2 Å². The van der Waals surface area contributed by atoms with E-state index in [1.165, 1.54) is 24.3 Å². The summed E-state index contributed by atoms with van der Waals surface area (Å²) in [4.78, 5) is 37.1. The monoisotopic (exact) mass is 308 g/mol. The lowest BCUT2D eigenvalue weighted by Crippen LogP contribution is -2.11. The van der Waals surface area contributed by atoms with E-state index in [0.29, 0.717) is 33.9 Å². The number of amides is 1. The van der Waals surface area contributed by atoms with Gasteiger partial charge in [-0.2, -0.15) is 0 Å². The number of ketones is 1. The number of carbonyl (C=O) groups excluding carboxylic acids is 3. The van der Waals surface area contributed by atoms with Gasteiger partial charge in [-0.05, 0) is 18.2 Å². The van der Waals surface area contributed by atoms with E-state index in [0.717, 1.165) is 0 Å². The molecule has 6 heteroatoms. The molecule has 4 N–H and O–H groups in total. The molecule has 0 aliphatic carbocycles. The Balaban J connectivity index is 2.00. The number of aromatic hydroxyl groups is 1. The highest BCUT2D eigenvalue weighted by molar-refractivity contribution is 6.12. The SMILES string of the molecule is NC(=O)c1ccc(C(=O)c2ccc3c(C=O)c(O)[nH]c3c2)cc1. The lowest BCUT2D eigenvalue weighted by molar-refractivity contribution is 0.0996. The lowest BCUT2D eigenvalue weighted by Gasteiger charge is -2.03. The van der Waals surface area contributed by atoms with Crippen LogP contribution in [0.15, 0.2) is 42.5 Å². The summed E-state index contributed by atoms with van der Waals surface area (Å²) in [7, 11) is 0. The summed E-state index contributed by atoms with van der Waals surface area (Å²) in [5.74, 6) is -1.04. The smallest absolute Gasteiger partial charge is 0.248 e. The molecule has 0 fully saturated rings. The molecule has 0 saturated heterocycles. The molecule has 0 aliphatic rings. The minimum Gasteiger partial charge on any atom is -0.494 e. The first-order valence-corrected chi connectivity index (χ1v) is 6.75. The van der Waals surface area contributed by atoms with Gasteiger partial charge in [0.05, 0.1) is 5.56 Å². The van der Waals surface area contributed by atoms with Crippen LogP contribution < -0.4 is 5.73 Å². The van der Waals surface area contributed by atoms with Crippen molar-refractivity contribution in [1.82, 2.24) is 4.98 Å². The summed E-state index contributed by atoms with van der Waals surface area (Å²) >= 11 is 0. The predicted molar refractivity (Wildman–Crippen MR) is 83.7 cm³/mol. The largest absolute Gasteiger partial charge is 0.494 e. The zero-order valence-electron chi connectivity index (χ0n) is 11.9. The second-order valence-corrected chi connectivity index (χ2v) is 5.04. The third-order valence-corrected chi connectivity index (χ3v) is 3.63. The molecule has 0 bridgehead atoms. The van der Waals surface area contributed by atoms with E-state index in [9.17, 15) is 19.5 Å². The number of hydrogen-bond acceptors (Lipinski definition) is 4. The van der Waals surface area contributed by atoms with Gasteiger partial charge in [0.15, 0.2) is 17.9 Å². The van der Waals surface area contributed by atoms with Gasteiger partial charge in [0.25, 0.3) is 0 Å². The molecule has 6 nitrogen and oxygen atoms in total. The van der Waals surface area contributed by atoms with Crippen LogP contribution in [0.2, 0.25) is 0 Å². The molecule has 0 unspecified atom stereocenters. The molecule has 114 valence electrons. The second kappa shape index (κ2) is 5.42. The van der Waals surface area contributed by atoms with Crippen LogP contribution in [0.3, 0.4) is 0 Å². The maximum Gasteiger partial charge on any atom is 0.248 e. The quantitative estimate of drug-likeness (QED) is 0.505. The highest BCUT2D eigenvalue weighted by atomic mass is 16.3. The minimum atomic E-state index is -0.561. The van der Waals surface area contributed by atoms with Crippen molar-refractivity contribution in [3.63, 3.8) is 0 Å². The van der Waals surface area contributed by atoms with Gasteiger partial charge in [0.2, 0.25) is 5.91 Å². The van der Waals surface area contributed by atoms with Crippen LogP contribution >= 0.6 is 0 Å². The zero-order valence-corrected chi connectivity index (χ0v) is 11.9. The molecule has 1 amide bonds. The molecule has 23 heavy (non-hydrogen) atoms. The molecule has 3 rings (SSSR count). The van der Waals surface area contributed by atoms with Crippen LogP contribution in [-0.4, -0.2) is 28.1 Å². The van der Waals surface area contributed by atoms with Crippen molar-refractivity contribution < 1.29 is 19.5 Å². The first kappa shape index (κ1) is 14.5. The molecule has 1 aromatic heterocycles. The number of aldehydes is 1. The van der Waals surface area contributed by atoms with Crippen LogP contribution in [0.1, 0.15) is 36.6 Å². The van der Waals surface area contributed by atoms with Crippen molar-refractivity contribution in [3.05, 3.63) is 64.7 Å². The average Bonchev–Trinajstić information content (AvgIpc) is 2.88. The number of aromatic amines is 1. The molecular formula is C17H12N2O4. The minimum absolute atomic E-state index is 0.157. The fourth-order valence-electron chi connectivity index (χ4n) is 2.42. The predicted octanol–water partition coefficient (Wildman–Crippen LogP) is 2.02. The van der Waals surface area contributed by atoms with E-state index in [4.69, 9.17) is 5.73 Å². The van der Waals surface area contributed by atoms with Crippen molar-refractivity contribution in [2.45, 2.75) is 0 Å². The van der Waals surface area contributed by atoms with Crippen molar-refractivity contribution in [1.29, 1.82) is 0 Å². The maximum absolute atomic E-state index is 12.5. The first-order valence-electron chi connectivity index (χ1n) is 6.75. The Labute approximate surface area is 130 Å². The van der Waals surface area contributed by atoms with E-state index in [1.807, 2.05) is 0 Å². The van der Waals surface area contributed by atoms with Crippen molar-refractivity contribution in [2.24, 2.45) is 5.73 Å². The zero-order chi connectivity index (χ0) is 16.6. The molecule has 3 aromatic rings. The Morgan fingerprint density at radius 3 is 2.22 bits per heavy atom. The lowest BCUT2D eigenvalue weighted by atomic mass is 10.0. The summed E-state index contributed by atoms with van der Waals surface area (Å²) in [6, 6.07) is 10.8. The Morgan fingerprint density at radius 2 is 1.61 bits per heavy atom. The normalized spacial score (nSPS) is 10.6. The van der Waals surface area contributed by atoms with E-state index in [2.05, 4.69) is 4.98 Å². The summed E-state index contributed by atoms with van der Waals surface area (Å²) in [6.07, 6.45) is 0.554. The van der Waals surface area contributed by atoms with E-state index in [1.54, 1.807) is 18.2 Å². The van der Waals surface area contributed by atoms with Crippen LogP contribution in [0.4, 0.5) is 0 Å². The molecule has 0 spiro atoms. The third-order valence-electron chi connectivity index (χ3n) is 3.63. The third kappa shape index (κ3) is 2.46. The van der Waals surface area contributed by atoms with Crippen molar-refractivity contribution >= 4 is 28.9 Å². The number of nitrogens with two attached hydrogens (primary N) is 1. The number of fused-ring (bicyclic) bond motifs is 1. The number of carbonyl (C=O) groups is 3. The molecule has 0 saturated carbocycles. The second-order valence-electron chi connectivity index (χ2n) is 5.04. The van der Waals surface area contributed by atoms with Crippen LogP contribution in [0.25, 0.3) is 10.9 Å². The van der Waals surface area contributed by atoms with Crippen molar-refractivity contribution in [3.8, 4) is 5.88 Å². The number of rotatable bonds is 4. The summed E-state index contributed by atoms with van der Waals surface area (Å²) in [5.41, 5.74) is 6.93. The van der Waals surface area contributed by atoms with E-state index < -0.39 is 5.91 Å². The van der Waals surface area contributed by atoms with Gasteiger partial charge in [-0.1, -0.05) is 24.3 Å². The standard InChI is InChI=1S/C17H12N2O4/c18-16(22)10-3-1-9(2-4-10)15(21)11-5-6-12-13(8-20)17(23)19-14(12)7-11/h1-8,19,23H,(H2,18,22). The van der Waals surface area contributed by atoms with Gasteiger partial charge >= 0.3 is 0 Å². The van der Waals surface area contributed by atoms with Crippen LogP contribution in [0.5, 0.6) is 5.88 Å². The van der Waals surface area contributed by atoms with Gasteiger partial charge in [0, 0.05) is 27.6 Å². The number of primary amides is 1. The van der Waals surface area contributed by atoms with Crippen LogP contribution in [0, 0.1) is 0 Å². The average molecular weight is 308 g/mol. The first-order chi connectivity index (χ1) is 11.0. The molecule has 1 heterocycles. The topological polar surface area (TPSA) is 113 Å². The number of benzene rings is 2. The van der Waals surface area contributed by atoms with Gasteiger partial charge in [-0.3, -0.25) is 14.4 Å². The Bertz CT molecular complexity index is 939. The molecule has 0 aliphatic heterocycles. The van der Waals surface area contributed by atoms with Crippen molar-refractivity contribution in [2.75, 3.05) is 0 Å². The van der Waals surface area contributed by atoms with Gasteiger partial charge in [-0.25, -0.2) is 0 Å². The van der Waals surface area contributed by atoms with E-state index >= 15 is 0 Å². The summed E-state index contributed by atoms with van der Waals surface area (Å²) < 4.78 is 0. The van der Waals surface area contributed by atoms with Crippen LogP contribution in [-0.2, 0) is 0 Å². The van der Waals surface area contributed by atoms with Gasteiger partial charge in [-0.15, -0.1) is 0 Å². The fourth-order valence-corrected chi connectivity index (χ4v) is 2.42. The molecule has 0 atom stereocenters. The Kier molecular flexibility index (Phi) is 3.42. The number of H-pyrrole nitrogens is 1. The molecule has 2 aromatic carbocycles. The highest BCUT2D eigenvalue weighted by Crippen LogP contribution is 2.27.